The van der Waals surface area contributed by atoms with Gasteiger partial charge >= 0.3 is 6.03 Å². The van der Waals surface area contributed by atoms with E-state index in [0.717, 1.165) is 21.8 Å². The number of carbonyl (C=O) groups excluding carboxylic acids is 4. The van der Waals surface area contributed by atoms with Gasteiger partial charge in [-0.3, -0.25) is 19.3 Å². The Morgan fingerprint density at radius 3 is 2.29 bits per heavy atom. The van der Waals surface area contributed by atoms with Crippen molar-refractivity contribution in [1.82, 2.24) is 24.4 Å². The number of aliphatic hydroxyl groups excluding tert-OH is 1. The van der Waals surface area contributed by atoms with Gasteiger partial charge in [-0.05, 0) is 48.1 Å². The smallest absolute Gasteiger partial charge is 0.328 e. The van der Waals surface area contributed by atoms with E-state index in [4.69, 9.17) is 4.74 Å². The van der Waals surface area contributed by atoms with Crippen molar-refractivity contribution in [2.75, 3.05) is 32.1 Å². The van der Waals surface area contributed by atoms with Crippen LogP contribution in [0.3, 0.4) is 0 Å². The summed E-state index contributed by atoms with van der Waals surface area (Å²) < 4.78 is 34.1. The third kappa shape index (κ3) is 10.1. The van der Waals surface area contributed by atoms with E-state index in [-0.39, 0.29) is 49.3 Å². The zero-order valence-electron chi connectivity index (χ0n) is 29.6. The van der Waals surface area contributed by atoms with Crippen LogP contribution in [-0.4, -0.2) is 101 Å². The number of sulfonamides is 1. The van der Waals surface area contributed by atoms with Crippen molar-refractivity contribution in [3.63, 3.8) is 0 Å². The van der Waals surface area contributed by atoms with Crippen LogP contribution in [0.5, 0.6) is 5.75 Å². The quantitative estimate of drug-likeness (QED) is 0.175. The fourth-order valence-corrected chi connectivity index (χ4v) is 8.19. The molecule has 0 bridgehead atoms. The zero-order chi connectivity index (χ0) is 37.5. The summed E-state index contributed by atoms with van der Waals surface area (Å²) in [5.74, 6) is -1.43. The van der Waals surface area contributed by atoms with Crippen molar-refractivity contribution in [2.45, 2.75) is 70.7 Å². The van der Waals surface area contributed by atoms with Crippen LogP contribution < -0.4 is 15.4 Å². The van der Waals surface area contributed by atoms with E-state index in [1.807, 2.05) is 44.2 Å². The first-order valence-electron chi connectivity index (χ1n) is 16.6. The van der Waals surface area contributed by atoms with E-state index < -0.39 is 52.0 Å². The summed E-state index contributed by atoms with van der Waals surface area (Å²) in [5.41, 5.74) is 1.19. The minimum atomic E-state index is -4.06. The number of thiazole rings is 1. The number of urea groups is 1. The summed E-state index contributed by atoms with van der Waals surface area (Å²) in [6, 6.07) is 12.4. The Morgan fingerprint density at radius 1 is 1.04 bits per heavy atom. The molecule has 16 heteroatoms. The first-order valence-corrected chi connectivity index (χ1v) is 18.9. The second kappa shape index (κ2) is 17.2. The largest absolute Gasteiger partial charge is 0.497 e. The average molecular weight is 743 g/mol. The number of nitrogens with zero attached hydrogens (tertiary/aromatic N) is 4. The lowest BCUT2D eigenvalue weighted by atomic mass is 9.97. The third-order valence-electron chi connectivity index (χ3n) is 8.22. The molecule has 0 radical (unpaired) electrons. The second-order valence-electron chi connectivity index (χ2n) is 13.2. The lowest BCUT2D eigenvalue weighted by molar-refractivity contribution is -0.129. The molecule has 3 atom stereocenters. The Balaban J connectivity index is 1.57. The molecule has 3 aromatic rings. The molecule has 0 unspecified atom stereocenters. The molecule has 1 aliphatic rings. The fourth-order valence-electron chi connectivity index (χ4n) is 5.82. The van der Waals surface area contributed by atoms with Gasteiger partial charge in [0.25, 0.3) is 5.91 Å². The maximum absolute atomic E-state index is 14.1. The molecule has 0 aliphatic carbocycles. The van der Waals surface area contributed by atoms with E-state index in [9.17, 15) is 32.7 Å². The van der Waals surface area contributed by atoms with Gasteiger partial charge in [0.2, 0.25) is 21.8 Å². The lowest BCUT2D eigenvalue weighted by Crippen LogP contribution is -2.57. The number of benzene rings is 2. The van der Waals surface area contributed by atoms with Crippen molar-refractivity contribution in [3.05, 3.63) is 71.2 Å². The van der Waals surface area contributed by atoms with Crippen LogP contribution in [0, 0.1) is 11.8 Å². The summed E-state index contributed by atoms with van der Waals surface area (Å²) in [7, 11) is -2.58. The molecule has 4 rings (SSSR count). The predicted molar refractivity (Wildman–Crippen MR) is 192 cm³/mol. The van der Waals surface area contributed by atoms with E-state index in [2.05, 4.69) is 15.6 Å². The van der Waals surface area contributed by atoms with Crippen molar-refractivity contribution >= 4 is 50.2 Å². The molecule has 1 aliphatic heterocycles. The van der Waals surface area contributed by atoms with E-state index >= 15 is 0 Å². The first-order chi connectivity index (χ1) is 24.1. The van der Waals surface area contributed by atoms with Crippen LogP contribution in [0.25, 0.3) is 0 Å². The van der Waals surface area contributed by atoms with Gasteiger partial charge in [-0.25, -0.2) is 18.2 Å². The molecular weight excluding hydrogens is 697 g/mol. The van der Waals surface area contributed by atoms with Gasteiger partial charge in [0.05, 0.1) is 36.4 Å². The highest BCUT2D eigenvalue weighted by atomic mass is 32.2. The molecule has 14 nitrogen and oxygen atoms in total. The third-order valence-corrected chi connectivity index (χ3v) is 10.9. The van der Waals surface area contributed by atoms with Crippen LogP contribution in [0.15, 0.2) is 64.9 Å². The number of amides is 5. The van der Waals surface area contributed by atoms with E-state index in [1.54, 1.807) is 31.4 Å². The Morgan fingerprint density at radius 2 is 1.71 bits per heavy atom. The highest BCUT2D eigenvalue weighted by Crippen LogP contribution is 2.25. The van der Waals surface area contributed by atoms with Crippen LogP contribution >= 0.6 is 11.3 Å². The molecule has 2 aromatic carbocycles. The Hall–Kier alpha value is -4.38. The highest BCUT2D eigenvalue weighted by Gasteiger charge is 2.44. The second-order valence-corrected chi connectivity index (χ2v) is 16.0. The number of anilines is 1. The van der Waals surface area contributed by atoms with Crippen molar-refractivity contribution in [2.24, 2.45) is 11.8 Å². The monoisotopic (exact) mass is 742 g/mol. The summed E-state index contributed by atoms with van der Waals surface area (Å²) in [5, 5.41) is 19.2. The summed E-state index contributed by atoms with van der Waals surface area (Å²) in [6.45, 7) is 7.89. The van der Waals surface area contributed by atoms with Gasteiger partial charge in [0.15, 0.2) is 5.13 Å². The van der Waals surface area contributed by atoms with Gasteiger partial charge in [-0.2, -0.15) is 4.31 Å². The maximum atomic E-state index is 14.1. The molecular formula is C35H46N6O8S2. The first kappa shape index (κ1) is 39.4. The van der Waals surface area contributed by atoms with Gasteiger partial charge in [-0.15, -0.1) is 11.3 Å². The topological polar surface area (TPSA) is 179 Å². The molecule has 5 amide bonds. The number of ether oxygens (including phenoxy) is 1. The number of nitrogens with one attached hydrogen (secondary N) is 2. The number of hydrogen-bond acceptors (Lipinski definition) is 10. The van der Waals surface area contributed by atoms with Crippen LogP contribution in [0.2, 0.25) is 0 Å². The predicted octanol–water partition coefficient (Wildman–Crippen LogP) is 3.33. The van der Waals surface area contributed by atoms with Crippen molar-refractivity contribution in [1.29, 1.82) is 0 Å². The lowest BCUT2D eigenvalue weighted by Gasteiger charge is -2.34. The zero-order valence-corrected chi connectivity index (χ0v) is 31.2. The highest BCUT2D eigenvalue weighted by molar-refractivity contribution is 7.89. The van der Waals surface area contributed by atoms with Crippen LogP contribution in [0.4, 0.5) is 9.93 Å². The number of carbonyl (C=O) groups is 4. The van der Waals surface area contributed by atoms with Gasteiger partial charge in [-0.1, -0.05) is 58.0 Å². The maximum Gasteiger partial charge on any atom is 0.328 e. The van der Waals surface area contributed by atoms with Crippen LogP contribution in [-0.2, 0) is 37.4 Å². The molecule has 0 saturated carbocycles. The Kier molecular flexibility index (Phi) is 13.3. The fraction of sp³-hybridized carbons (Fsp3) is 0.457. The Labute approximate surface area is 302 Å². The molecule has 51 heavy (non-hydrogen) atoms. The molecule has 3 N–H and O–H groups in total. The van der Waals surface area contributed by atoms with E-state index in [1.165, 1.54) is 35.4 Å². The molecule has 276 valence electrons. The van der Waals surface area contributed by atoms with Gasteiger partial charge < -0.3 is 25.4 Å². The number of rotatable bonds is 17. The number of methoxy groups -OCH3 is 1. The number of aromatic nitrogens is 1. The number of hydrogen-bond donors (Lipinski definition) is 3. The van der Waals surface area contributed by atoms with Gasteiger partial charge in [0.1, 0.15) is 18.3 Å². The minimum Gasteiger partial charge on any atom is -0.497 e. The summed E-state index contributed by atoms with van der Waals surface area (Å²) >= 11 is 1.16. The molecule has 1 fully saturated rings. The summed E-state index contributed by atoms with van der Waals surface area (Å²) in [4.78, 5) is 58.7. The van der Waals surface area contributed by atoms with E-state index in [0.29, 0.717) is 16.6 Å². The number of imide groups is 1. The van der Waals surface area contributed by atoms with Gasteiger partial charge in [0, 0.05) is 25.4 Å². The molecule has 1 saturated heterocycles. The average Bonchev–Trinajstić information content (AvgIpc) is 3.62. The summed E-state index contributed by atoms with van der Waals surface area (Å²) in [6.07, 6.45) is -1.19. The molecule has 2 heterocycles. The molecule has 0 spiro atoms. The minimum absolute atomic E-state index is 0.0328. The van der Waals surface area contributed by atoms with Crippen molar-refractivity contribution < 1.29 is 37.4 Å². The molecule has 1 aromatic heterocycles. The van der Waals surface area contributed by atoms with Crippen molar-refractivity contribution in [3.8, 4) is 5.75 Å². The normalized spacial score (nSPS) is 15.4. The number of aliphatic hydroxyl groups is 1. The standard InChI is InChI=1S/C35H46N6O8S2/c1-22(2)17-39(51(47,48)28-14-12-27(49-6)13-15-28)19-30(43)29(16-25-10-8-7-9-11-25)38-33(45)32(23(3)4)41-20-31(44)40(35(41)46)18-26-21-50-34(37-26)36-24(5)42/h7-15,21-23,29-30,32,43H,16-20H2,1-6H3,(H,38,45)(H,36,37,42)/t29-,30+,32-/m0/s1. The van der Waals surface area contributed by atoms with Crippen LogP contribution in [0.1, 0.15) is 45.9 Å². The SMILES string of the molecule is COc1ccc(S(=O)(=O)N(CC(C)C)C[C@@H](O)[C@H](Cc2ccccc2)NC(=O)[C@H](C(C)C)N2CC(=O)N(Cc3csc(NC(C)=O)n3)C2=O)cc1. The Bertz CT molecular complexity index is 1780.